The van der Waals surface area contributed by atoms with E-state index in [0.717, 1.165) is 5.56 Å². The normalized spacial score (nSPS) is 27.6. The molecule has 3 atom stereocenters. The van der Waals surface area contributed by atoms with Crippen molar-refractivity contribution in [3.8, 4) is 0 Å². The van der Waals surface area contributed by atoms with Crippen molar-refractivity contribution in [3.05, 3.63) is 71.8 Å². The third-order valence-electron chi connectivity index (χ3n) is 4.22. The van der Waals surface area contributed by atoms with Crippen molar-refractivity contribution < 1.29 is 14.4 Å². The largest absolute Gasteiger partial charge is 0.457 e. The fourth-order valence-corrected chi connectivity index (χ4v) is 3.23. The number of rotatable bonds is 3. The Bertz CT molecular complexity index is 659. The summed E-state index contributed by atoms with van der Waals surface area (Å²) in [7, 11) is 0. The summed E-state index contributed by atoms with van der Waals surface area (Å²) in [4.78, 5) is 17.6. The van der Waals surface area contributed by atoms with E-state index in [1.54, 1.807) is 0 Å². The standard InChI is InChI=1S/C18H17NO3/c20-16-11-15-18(21-16)17(14-9-5-2-6-10-14)19(22-15)12-13-7-3-1-4-8-13/h1-10,15,17-18H,11-12H2/t15-,17-,18+/m1/s1. The second kappa shape index (κ2) is 5.55. The molecule has 22 heavy (non-hydrogen) atoms. The third kappa shape index (κ3) is 2.40. The average Bonchev–Trinajstić information content (AvgIpc) is 3.04. The zero-order valence-electron chi connectivity index (χ0n) is 12.1. The molecular formula is C18H17NO3. The topological polar surface area (TPSA) is 38.8 Å². The fraction of sp³-hybridized carbons (Fsp3) is 0.278. The van der Waals surface area contributed by atoms with Crippen LogP contribution < -0.4 is 0 Å². The van der Waals surface area contributed by atoms with Gasteiger partial charge in [0.2, 0.25) is 0 Å². The van der Waals surface area contributed by atoms with Crippen molar-refractivity contribution in [1.29, 1.82) is 0 Å². The molecule has 2 saturated heterocycles. The van der Waals surface area contributed by atoms with E-state index in [2.05, 4.69) is 24.3 Å². The molecule has 2 aromatic carbocycles. The summed E-state index contributed by atoms with van der Waals surface area (Å²) < 4.78 is 5.51. The van der Waals surface area contributed by atoms with Crippen LogP contribution in [0.25, 0.3) is 0 Å². The first-order chi connectivity index (χ1) is 10.8. The van der Waals surface area contributed by atoms with Gasteiger partial charge in [0.1, 0.15) is 12.1 Å². The van der Waals surface area contributed by atoms with Crippen LogP contribution in [0.3, 0.4) is 0 Å². The van der Waals surface area contributed by atoms with Gasteiger partial charge in [-0.05, 0) is 11.1 Å². The molecule has 2 aliphatic rings. The van der Waals surface area contributed by atoms with E-state index in [0.29, 0.717) is 13.0 Å². The van der Waals surface area contributed by atoms with E-state index in [4.69, 9.17) is 9.57 Å². The molecule has 0 bridgehead atoms. The van der Waals surface area contributed by atoms with E-state index >= 15 is 0 Å². The quantitative estimate of drug-likeness (QED) is 0.816. The average molecular weight is 295 g/mol. The number of hydroxylamine groups is 2. The Balaban J connectivity index is 1.64. The summed E-state index contributed by atoms with van der Waals surface area (Å²) in [6.45, 7) is 0.672. The SMILES string of the molecule is O=C1C[C@H]2ON(Cc3ccccc3)[C@H](c3ccccc3)[C@H]2O1. The van der Waals surface area contributed by atoms with Gasteiger partial charge in [0.05, 0.1) is 6.42 Å². The van der Waals surface area contributed by atoms with Crippen LogP contribution in [0.4, 0.5) is 0 Å². The minimum absolute atomic E-state index is 0.0575. The van der Waals surface area contributed by atoms with Crippen LogP contribution in [0.2, 0.25) is 0 Å². The highest BCUT2D eigenvalue weighted by Gasteiger charge is 2.51. The minimum Gasteiger partial charge on any atom is -0.457 e. The Hall–Kier alpha value is -2.17. The first-order valence-corrected chi connectivity index (χ1v) is 7.53. The molecule has 2 aromatic rings. The van der Waals surface area contributed by atoms with Gasteiger partial charge in [-0.15, -0.1) is 0 Å². The van der Waals surface area contributed by atoms with Crippen LogP contribution in [-0.2, 0) is 20.9 Å². The second-order valence-electron chi connectivity index (χ2n) is 5.72. The second-order valence-corrected chi connectivity index (χ2v) is 5.72. The van der Waals surface area contributed by atoms with Gasteiger partial charge in [0.15, 0.2) is 6.10 Å². The molecule has 4 nitrogen and oxygen atoms in total. The number of carbonyl (C=O) groups excluding carboxylic acids is 1. The van der Waals surface area contributed by atoms with E-state index in [-0.39, 0.29) is 24.2 Å². The molecule has 2 heterocycles. The first-order valence-electron chi connectivity index (χ1n) is 7.53. The maximum absolute atomic E-state index is 11.6. The highest BCUT2D eigenvalue weighted by molar-refractivity contribution is 5.73. The summed E-state index contributed by atoms with van der Waals surface area (Å²) in [5, 5.41) is 1.95. The Morgan fingerprint density at radius 3 is 2.41 bits per heavy atom. The maximum atomic E-state index is 11.6. The Labute approximate surface area is 129 Å². The number of carbonyl (C=O) groups is 1. The number of hydrogen-bond acceptors (Lipinski definition) is 4. The van der Waals surface area contributed by atoms with E-state index < -0.39 is 0 Å². The van der Waals surface area contributed by atoms with Gasteiger partial charge in [0, 0.05) is 6.54 Å². The van der Waals surface area contributed by atoms with Crippen LogP contribution in [0.15, 0.2) is 60.7 Å². The summed E-state index contributed by atoms with van der Waals surface area (Å²) in [5.74, 6) is -0.171. The number of ether oxygens (including phenoxy) is 1. The van der Waals surface area contributed by atoms with Crippen molar-refractivity contribution in [2.24, 2.45) is 0 Å². The number of hydrogen-bond donors (Lipinski definition) is 0. The van der Waals surface area contributed by atoms with E-state index in [1.165, 1.54) is 5.56 Å². The predicted octanol–water partition coefficient (Wildman–Crippen LogP) is 2.86. The van der Waals surface area contributed by atoms with Gasteiger partial charge in [-0.25, -0.2) is 0 Å². The molecule has 2 aliphatic heterocycles. The number of esters is 1. The lowest BCUT2D eigenvalue weighted by molar-refractivity contribution is -0.175. The molecule has 0 aliphatic carbocycles. The van der Waals surface area contributed by atoms with Crippen molar-refractivity contribution in [3.63, 3.8) is 0 Å². The van der Waals surface area contributed by atoms with Gasteiger partial charge in [-0.3, -0.25) is 9.63 Å². The highest BCUT2D eigenvalue weighted by atomic mass is 16.7. The molecule has 0 unspecified atom stereocenters. The molecule has 2 fully saturated rings. The lowest BCUT2D eigenvalue weighted by Gasteiger charge is -2.25. The minimum atomic E-state index is -0.224. The van der Waals surface area contributed by atoms with Gasteiger partial charge >= 0.3 is 5.97 Å². The van der Waals surface area contributed by atoms with Crippen molar-refractivity contribution in [2.45, 2.75) is 31.2 Å². The van der Waals surface area contributed by atoms with Crippen molar-refractivity contribution in [2.75, 3.05) is 0 Å². The molecule has 0 amide bonds. The number of benzene rings is 2. The van der Waals surface area contributed by atoms with Gasteiger partial charge in [-0.1, -0.05) is 60.7 Å². The Morgan fingerprint density at radius 2 is 1.68 bits per heavy atom. The van der Waals surface area contributed by atoms with Crippen molar-refractivity contribution >= 4 is 5.97 Å². The summed E-state index contributed by atoms with van der Waals surface area (Å²) >= 11 is 0. The summed E-state index contributed by atoms with van der Waals surface area (Å²) in [6, 6.07) is 20.2. The molecule has 0 saturated carbocycles. The Kier molecular flexibility index (Phi) is 3.41. The molecule has 4 rings (SSSR count). The van der Waals surface area contributed by atoms with Crippen LogP contribution >= 0.6 is 0 Å². The van der Waals surface area contributed by atoms with E-state index in [1.807, 2.05) is 41.5 Å². The van der Waals surface area contributed by atoms with Crippen LogP contribution in [0.5, 0.6) is 0 Å². The van der Waals surface area contributed by atoms with Crippen LogP contribution in [0.1, 0.15) is 23.6 Å². The molecule has 0 spiro atoms. The van der Waals surface area contributed by atoms with Gasteiger partial charge in [0.25, 0.3) is 0 Å². The highest BCUT2D eigenvalue weighted by Crippen LogP contribution is 2.41. The lowest BCUT2D eigenvalue weighted by atomic mass is 9.98. The monoisotopic (exact) mass is 295 g/mol. The lowest BCUT2D eigenvalue weighted by Crippen LogP contribution is -2.28. The molecular weight excluding hydrogens is 278 g/mol. The van der Waals surface area contributed by atoms with Crippen LogP contribution in [-0.4, -0.2) is 23.2 Å². The molecule has 112 valence electrons. The zero-order chi connectivity index (χ0) is 14.9. The molecule has 0 N–H and O–H groups in total. The van der Waals surface area contributed by atoms with E-state index in [9.17, 15) is 4.79 Å². The first kappa shape index (κ1) is 13.5. The number of nitrogens with zero attached hydrogens (tertiary/aromatic N) is 1. The molecule has 4 heteroatoms. The maximum Gasteiger partial charge on any atom is 0.309 e. The zero-order valence-corrected chi connectivity index (χ0v) is 12.1. The van der Waals surface area contributed by atoms with Crippen LogP contribution in [0, 0.1) is 0 Å². The summed E-state index contributed by atoms with van der Waals surface area (Å²) in [5.41, 5.74) is 2.29. The van der Waals surface area contributed by atoms with Gasteiger partial charge in [-0.2, -0.15) is 5.06 Å². The van der Waals surface area contributed by atoms with Crippen molar-refractivity contribution in [1.82, 2.24) is 5.06 Å². The smallest absolute Gasteiger partial charge is 0.309 e. The van der Waals surface area contributed by atoms with Gasteiger partial charge < -0.3 is 4.74 Å². The fourth-order valence-electron chi connectivity index (χ4n) is 3.23. The third-order valence-corrected chi connectivity index (χ3v) is 4.22. The Morgan fingerprint density at radius 1 is 1.00 bits per heavy atom. The number of fused-ring (bicyclic) bond motifs is 1. The molecule has 0 radical (unpaired) electrons. The summed E-state index contributed by atoms with van der Waals surface area (Å²) in [6.07, 6.45) is -0.0701. The predicted molar refractivity (Wildman–Crippen MR) is 80.5 cm³/mol. The molecule has 0 aromatic heterocycles.